The summed E-state index contributed by atoms with van der Waals surface area (Å²) < 4.78 is 5.17. The lowest BCUT2D eigenvalue weighted by atomic mass is 9.90. The van der Waals surface area contributed by atoms with Gasteiger partial charge in [-0.25, -0.2) is 4.79 Å². The van der Waals surface area contributed by atoms with Crippen molar-refractivity contribution in [1.82, 2.24) is 5.32 Å². The number of carbonyl (C=O) groups excluding carboxylic acids is 1. The first-order valence-electron chi connectivity index (χ1n) is 6.97. The molecule has 0 aromatic heterocycles. The lowest BCUT2D eigenvalue weighted by molar-refractivity contribution is -0.151. The normalized spacial score (nSPS) is 17.0. The Morgan fingerprint density at radius 3 is 2.64 bits per heavy atom. The summed E-state index contributed by atoms with van der Waals surface area (Å²) in [5, 5.41) is 12.7. The van der Waals surface area contributed by atoms with Crippen LogP contribution in [0.25, 0.3) is 0 Å². The van der Waals surface area contributed by atoms with Crippen LogP contribution in [0.3, 0.4) is 0 Å². The highest BCUT2D eigenvalue weighted by Gasteiger charge is 2.41. The van der Waals surface area contributed by atoms with E-state index in [2.05, 4.69) is 5.32 Å². The van der Waals surface area contributed by atoms with E-state index in [4.69, 9.17) is 16.3 Å². The molecule has 0 unspecified atom stereocenters. The van der Waals surface area contributed by atoms with E-state index in [1.165, 1.54) is 11.8 Å². The molecule has 0 atom stereocenters. The number of nitrogens with one attached hydrogen (secondary N) is 1. The summed E-state index contributed by atoms with van der Waals surface area (Å²) in [6, 6.07) is 7.46. The number of aliphatic carboxylic acids is 1. The second kappa shape index (κ2) is 7.85. The average molecular weight is 344 g/mol. The minimum atomic E-state index is -1.19. The van der Waals surface area contributed by atoms with Crippen LogP contribution < -0.4 is 5.32 Å². The van der Waals surface area contributed by atoms with Crippen molar-refractivity contribution in [2.24, 2.45) is 0 Å². The predicted molar refractivity (Wildman–Crippen MR) is 86.2 cm³/mol. The number of thioether (sulfide) groups is 1. The van der Waals surface area contributed by atoms with Crippen molar-refractivity contribution in [3.63, 3.8) is 0 Å². The Bertz CT molecular complexity index is 546. The van der Waals surface area contributed by atoms with Crippen molar-refractivity contribution in [1.29, 1.82) is 0 Å². The highest BCUT2D eigenvalue weighted by molar-refractivity contribution is 7.99. The van der Waals surface area contributed by atoms with Crippen LogP contribution in [0.1, 0.15) is 18.4 Å². The average Bonchev–Trinajstić information content (AvgIpc) is 2.50. The number of amides is 1. The standard InChI is InChI=1S/C15H18ClNO4S/c16-12-4-2-1-3-11(12)9-22-10-13(18)17-15(14(19)20)5-7-21-8-6-15/h1-4H,5-10H2,(H,17,18)(H,19,20). The van der Waals surface area contributed by atoms with Crippen molar-refractivity contribution >= 4 is 35.2 Å². The molecule has 0 aliphatic carbocycles. The van der Waals surface area contributed by atoms with Crippen LogP contribution in [0.15, 0.2) is 24.3 Å². The summed E-state index contributed by atoms with van der Waals surface area (Å²) in [5.74, 6) is -0.473. The first kappa shape index (κ1) is 17.1. The number of hydrogen-bond donors (Lipinski definition) is 2. The van der Waals surface area contributed by atoms with Gasteiger partial charge in [-0.2, -0.15) is 0 Å². The summed E-state index contributed by atoms with van der Waals surface area (Å²) in [7, 11) is 0. The van der Waals surface area contributed by atoms with E-state index in [9.17, 15) is 14.7 Å². The van der Waals surface area contributed by atoms with Gasteiger partial charge in [0.15, 0.2) is 0 Å². The smallest absolute Gasteiger partial charge is 0.329 e. The first-order chi connectivity index (χ1) is 10.5. The van der Waals surface area contributed by atoms with Crippen LogP contribution in [0.5, 0.6) is 0 Å². The van der Waals surface area contributed by atoms with E-state index < -0.39 is 11.5 Å². The molecule has 22 heavy (non-hydrogen) atoms. The second-order valence-electron chi connectivity index (χ2n) is 5.13. The number of halogens is 1. The van der Waals surface area contributed by atoms with Gasteiger partial charge in [-0.1, -0.05) is 29.8 Å². The molecule has 1 fully saturated rings. The maximum absolute atomic E-state index is 12.0. The second-order valence-corrected chi connectivity index (χ2v) is 6.52. The van der Waals surface area contributed by atoms with Crippen LogP contribution >= 0.6 is 23.4 Å². The summed E-state index contributed by atoms with van der Waals surface area (Å²) >= 11 is 7.46. The molecule has 1 aromatic carbocycles. The molecule has 1 amide bonds. The monoisotopic (exact) mass is 343 g/mol. The van der Waals surface area contributed by atoms with Gasteiger partial charge < -0.3 is 15.2 Å². The van der Waals surface area contributed by atoms with Crippen molar-refractivity contribution < 1.29 is 19.4 Å². The van der Waals surface area contributed by atoms with Crippen molar-refractivity contribution in [2.75, 3.05) is 19.0 Å². The fourth-order valence-electron chi connectivity index (χ4n) is 2.28. The van der Waals surface area contributed by atoms with E-state index in [-0.39, 0.29) is 11.7 Å². The molecule has 1 aliphatic rings. The Balaban J connectivity index is 1.84. The van der Waals surface area contributed by atoms with E-state index in [0.717, 1.165) is 5.56 Å². The van der Waals surface area contributed by atoms with E-state index in [1.54, 1.807) is 6.07 Å². The van der Waals surface area contributed by atoms with E-state index >= 15 is 0 Å². The number of carbonyl (C=O) groups is 2. The van der Waals surface area contributed by atoms with Crippen LogP contribution in [0.2, 0.25) is 5.02 Å². The topological polar surface area (TPSA) is 75.6 Å². The van der Waals surface area contributed by atoms with Gasteiger partial charge in [-0.15, -0.1) is 11.8 Å². The number of rotatable bonds is 6. The maximum Gasteiger partial charge on any atom is 0.329 e. The van der Waals surface area contributed by atoms with Crippen molar-refractivity contribution in [3.8, 4) is 0 Å². The quantitative estimate of drug-likeness (QED) is 0.829. The fourth-order valence-corrected chi connectivity index (χ4v) is 3.40. The zero-order chi connectivity index (χ0) is 16.0. The summed E-state index contributed by atoms with van der Waals surface area (Å²) in [6.07, 6.45) is 0.590. The van der Waals surface area contributed by atoms with Crippen molar-refractivity contribution in [3.05, 3.63) is 34.9 Å². The van der Waals surface area contributed by atoms with Gasteiger partial charge in [0.05, 0.1) is 5.75 Å². The molecule has 0 bridgehead atoms. The van der Waals surface area contributed by atoms with Crippen LogP contribution in [0, 0.1) is 0 Å². The maximum atomic E-state index is 12.0. The Kier molecular flexibility index (Phi) is 6.11. The molecule has 1 saturated heterocycles. The van der Waals surface area contributed by atoms with Crippen LogP contribution in [0.4, 0.5) is 0 Å². The lowest BCUT2D eigenvalue weighted by Gasteiger charge is -2.33. The Labute approximate surface area is 138 Å². The highest BCUT2D eigenvalue weighted by Crippen LogP contribution is 2.23. The highest BCUT2D eigenvalue weighted by atomic mass is 35.5. The van der Waals surface area contributed by atoms with Crippen LogP contribution in [-0.4, -0.2) is 41.5 Å². The van der Waals surface area contributed by atoms with Gasteiger partial charge >= 0.3 is 5.97 Å². The minimum Gasteiger partial charge on any atom is -0.480 e. The summed E-state index contributed by atoms with van der Waals surface area (Å²) in [4.78, 5) is 23.5. The molecule has 0 spiro atoms. The van der Waals surface area contributed by atoms with E-state index in [0.29, 0.717) is 36.8 Å². The largest absolute Gasteiger partial charge is 0.480 e. The van der Waals surface area contributed by atoms with E-state index in [1.807, 2.05) is 18.2 Å². The van der Waals surface area contributed by atoms with Gasteiger partial charge in [-0.05, 0) is 11.6 Å². The lowest BCUT2D eigenvalue weighted by Crippen LogP contribution is -2.57. The minimum absolute atomic E-state index is 0.196. The zero-order valence-corrected chi connectivity index (χ0v) is 13.6. The molecule has 2 rings (SSSR count). The fraction of sp³-hybridized carbons (Fsp3) is 0.467. The molecule has 1 aliphatic heterocycles. The van der Waals surface area contributed by atoms with Crippen LogP contribution in [-0.2, 0) is 20.1 Å². The molecule has 120 valence electrons. The zero-order valence-electron chi connectivity index (χ0n) is 12.0. The molecular formula is C15H18ClNO4S. The number of ether oxygens (including phenoxy) is 1. The molecule has 1 aromatic rings. The molecular weight excluding hydrogens is 326 g/mol. The first-order valence-corrected chi connectivity index (χ1v) is 8.50. The molecule has 7 heteroatoms. The number of benzene rings is 1. The molecule has 0 radical (unpaired) electrons. The number of hydrogen-bond acceptors (Lipinski definition) is 4. The van der Waals surface area contributed by atoms with Gasteiger partial charge in [0.1, 0.15) is 5.54 Å². The van der Waals surface area contributed by atoms with Gasteiger partial charge in [0.2, 0.25) is 5.91 Å². The Morgan fingerprint density at radius 2 is 2.00 bits per heavy atom. The molecule has 2 N–H and O–H groups in total. The number of carboxylic acid groups (broad SMARTS) is 1. The summed E-state index contributed by atoms with van der Waals surface area (Å²) in [5.41, 5.74) is -0.235. The Hall–Kier alpha value is -1.24. The number of carboxylic acids is 1. The third-order valence-electron chi connectivity index (χ3n) is 3.58. The molecule has 0 saturated carbocycles. The molecule has 5 nitrogen and oxygen atoms in total. The van der Waals surface area contributed by atoms with Crippen molar-refractivity contribution in [2.45, 2.75) is 24.1 Å². The third-order valence-corrected chi connectivity index (χ3v) is 4.93. The van der Waals surface area contributed by atoms with Gasteiger partial charge in [0.25, 0.3) is 0 Å². The third kappa shape index (κ3) is 4.38. The van der Waals surface area contributed by atoms with Gasteiger partial charge in [-0.3, -0.25) is 4.79 Å². The Morgan fingerprint density at radius 1 is 1.32 bits per heavy atom. The predicted octanol–water partition coefficient (Wildman–Crippen LogP) is 2.32. The summed E-state index contributed by atoms with van der Waals surface area (Å²) in [6.45, 7) is 0.693. The van der Waals surface area contributed by atoms with Gasteiger partial charge in [0, 0.05) is 36.8 Å². The SMILES string of the molecule is O=C(CSCc1ccccc1Cl)NC1(C(=O)O)CCOCC1. The molecule has 1 heterocycles.